The van der Waals surface area contributed by atoms with E-state index in [0.717, 1.165) is 11.1 Å². The van der Waals surface area contributed by atoms with E-state index >= 15 is 0 Å². The van der Waals surface area contributed by atoms with Crippen molar-refractivity contribution in [2.75, 3.05) is 0 Å². The molecule has 2 aromatic rings. The van der Waals surface area contributed by atoms with Gasteiger partial charge in [-0.2, -0.15) is 0 Å². The molecule has 1 aromatic carbocycles. The summed E-state index contributed by atoms with van der Waals surface area (Å²) in [6.07, 6.45) is 3.41. The maximum absolute atomic E-state index is 9.60. The third kappa shape index (κ3) is 1.28. The van der Waals surface area contributed by atoms with Gasteiger partial charge in [-0.1, -0.05) is 12.1 Å². The lowest BCUT2D eigenvalue weighted by Crippen LogP contribution is -1.85. The highest BCUT2D eigenvalue weighted by Gasteiger charge is 2.08. The van der Waals surface area contributed by atoms with E-state index in [1.807, 2.05) is 19.1 Å². The van der Waals surface area contributed by atoms with Gasteiger partial charge in [0.05, 0.1) is 5.56 Å². The zero-order valence-electron chi connectivity index (χ0n) is 7.28. The first-order chi connectivity index (χ1) is 6.29. The van der Waals surface area contributed by atoms with Gasteiger partial charge in [0.25, 0.3) is 0 Å². The Labute approximate surface area is 76.1 Å². The van der Waals surface area contributed by atoms with Crippen LogP contribution in [-0.2, 0) is 0 Å². The summed E-state index contributed by atoms with van der Waals surface area (Å²) in [4.78, 5) is 7.06. The molecule has 66 valence electrons. The van der Waals surface area contributed by atoms with Crippen LogP contribution in [0.3, 0.4) is 0 Å². The summed E-state index contributed by atoms with van der Waals surface area (Å²) in [5.41, 5.74) is 1.78. The molecular formula is C10H10N2O. The number of H-pyrrole nitrogens is 1. The van der Waals surface area contributed by atoms with E-state index in [1.165, 1.54) is 0 Å². The third-order valence-electron chi connectivity index (χ3n) is 1.99. The zero-order valence-corrected chi connectivity index (χ0v) is 7.28. The first-order valence-electron chi connectivity index (χ1n) is 4.07. The van der Waals surface area contributed by atoms with E-state index in [4.69, 9.17) is 0 Å². The van der Waals surface area contributed by atoms with Crippen molar-refractivity contribution < 1.29 is 5.11 Å². The van der Waals surface area contributed by atoms with E-state index in [9.17, 15) is 5.11 Å². The van der Waals surface area contributed by atoms with Crippen LogP contribution in [0.2, 0.25) is 0 Å². The van der Waals surface area contributed by atoms with Gasteiger partial charge in [0, 0.05) is 12.4 Å². The molecule has 0 atom stereocenters. The molecule has 0 saturated heterocycles. The fourth-order valence-corrected chi connectivity index (χ4v) is 1.36. The van der Waals surface area contributed by atoms with Gasteiger partial charge >= 0.3 is 0 Å². The number of phenols is 1. The summed E-state index contributed by atoms with van der Waals surface area (Å²) in [7, 11) is 0. The Balaban J connectivity index is 2.64. The molecule has 0 aliphatic carbocycles. The van der Waals surface area contributed by atoms with Gasteiger partial charge in [-0.25, -0.2) is 4.98 Å². The lowest BCUT2D eigenvalue weighted by atomic mass is 10.1. The molecule has 1 aromatic heterocycles. The smallest absolute Gasteiger partial charge is 0.141 e. The molecule has 13 heavy (non-hydrogen) atoms. The Hall–Kier alpha value is -1.77. The summed E-state index contributed by atoms with van der Waals surface area (Å²) in [6, 6.07) is 5.42. The minimum Gasteiger partial charge on any atom is -0.507 e. The molecule has 0 aliphatic heterocycles. The largest absolute Gasteiger partial charge is 0.507 e. The van der Waals surface area contributed by atoms with Crippen LogP contribution in [0.15, 0.2) is 30.6 Å². The van der Waals surface area contributed by atoms with Crippen molar-refractivity contribution in [3.63, 3.8) is 0 Å². The van der Waals surface area contributed by atoms with Crippen molar-refractivity contribution in [3.05, 3.63) is 36.2 Å². The highest BCUT2D eigenvalue weighted by atomic mass is 16.3. The second kappa shape index (κ2) is 2.94. The molecule has 0 amide bonds. The number of aromatic nitrogens is 2. The second-order valence-corrected chi connectivity index (χ2v) is 2.91. The predicted molar refractivity (Wildman–Crippen MR) is 50.4 cm³/mol. The molecule has 3 heteroatoms. The fourth-order valence-electron chi connectivity index (χ4n) is 1.36. The van der Waals surface area contributed by atoms with Crippen LogP contribution in [0.4, 0.5) is 0 Å². The van der Waals surface area contributed by atoms with Gasteiger partial charge in [-0.3, -0.25) is 0 Å². The van der Waals surface area contributed by atoms with Crippen molar-refractivity contribution >= 4 is 0 Å². The summed E-state index contributed by atoms with van der Waals surface area (Å²) >= 11 is 0. The van der Waals surface area contributed by atoms with Crippen molar-refractivity contribution in [2.24, 2.45) is 0 Å². The molecule has 0 fully saturated rings. The average Bonchev–Trinajstić information content (AvgIpc) is 2.57. The number of aromatic hydroxyl groups is 1. The molecule has 0 aliphatic rings. The quantitative estimate of drug-likeness (QED) is 0.695. The van der Waals surface area contributed by atoms with Crippen molar-refractivity contribution in [3.8, 4) is 17.1 Å². The number of benzene rings is 1. The van der Waals surface area contributed by atoms with Crippen LogP contribution in [0, 0.1) is 6.92 Å². The first kappa shape index (κ1) is 7.86. The second-order valence-electron chi connectivity index (χ2n) is 2.91. The van der Waals surface area contributed by atoms with Gasteiger partial charge in [0.2, 0.25) is 0 Å². The number of phenolic OH excluding ortho intramolecular Hbond substituents is 1. The van der Waals surface area contributed by atoms with Crippen LogP contribution in [0.5, 0.6) is 5.75 Å². The number of hydrogen-bond donors (Lipinski definition) is 2. The van der Waals surface area contributed by atoms with Gasteiger partial charge in [-0.15, -0.1) is 0 Å². The molecular weight excluding hydrogens is 164 g/mol. The van der Waals surface area contributed by atoms with Gasteiger partial charge in [0.1, 0.15) is 11.6 Å². The monoisotopic (exact) mass is 174 g/mol. The Bertz CT molecular complexity index is 387. The Morgan fingerprint density at radius 1 is 1.38 bits per heavy atom. The van der Waals surface area contributed by atoms with Crippen LogP contribution in [0.25, 0.3) is 11.4 Å². The number of hydrogen-bond acceptors (Lipinski definition) is 2. The molecule has 0 unspecified atom stereocenters. The van der Waals surface area contributed by atoms with Crippen molar-refractivity contribution in [1.82, 2.24) is 9.97 Å². The summed E-state index contributed by atoms with van der Waals surface area (Å²) in [5, 5.41) is 9.60. The van der Waals surface area contributed by atoms with Crippen LogP contribution < -0.4 is 0 Å². The number of nitrogens with one attached hydrogen (secondary N) is 1. The Kier molecular flexibility index (Phi) is 1.77. The maximum atomic E-state index is 9.60. The molecule has 0 saturated carbocycles. The molecule has 3 nitrogen and oxygen atoms in total. The minimum absolute atomic E-state index is 0.259. The lowest BCUT2D eigenvalue weighted by molar-refractivity contribution is 0.476. The topological polar surface area (TPSA) is 48.9 Å². The van der Waals surface area contributed by atoms with Crippen molar-refractivity contribution in [1.29, 1.82) is 0 Å². The molecule has 2 N–H and O–H groups in total. The number of aromatic amines is 1. The molecule has 0 bridgehead atoms. The van der Waals surface area contributed by atoms with E-state index in [1.54, 1.807) is 18.5 Å². The SMILES string of the molecule is Cc1cccc(O)c1-c1ncc[nH]1. The third-order valence-corrected chi connectivity index (χ3v) is 1.99. The zero-order chi connectivity index (χ0) is 9.26. The van der Waals surface area contributed by atoms with Gasteiger partial charge < -0.3 is 10.1 Å². The van der Waals surface area contributed by atoms with E-state index < -0.39 is 0 Å². The van der Waals surface area contributed by atoms with Crippen molar-refractivity contribution in [2.45, 2.75) is 6.92 Å². The standard InChI is InChI=1S/C10H10N2O/c1-7-3-2-4-8(13)9(7)10-11-5-6-12-10/h2-6,13H,1H3,(H,11,12). The molecule has 1 heterocycles. The van der Waals surface area contributed by atoms with E-state index in [-0.39, 0.29) is 5.75 Å². The predicted octanol–water partition coefficient (Wildman–Crippen LogP) is 2.09. The number of nitrogens with zero attached hydrogens (tertiary/aromatic N) is 1. The summed E-state index contributed by atoms with van der Waals surface area (Å²) < 4.78 is 0. The molecule has 0 spiro atoms. The number of aryl methyl sites for hydroxylation is 1. The highest BCUT2D eigenvalue weighted by Crippen LogP contribution is 2.28. The summed E-state index contributed by atoms with van der Waals surface area (Å²) in [6.45, 7) is 1.94. The van der Waals surface area contributed by atoms with Crippen LogP contribution in [0.1, 0.15) is 5.56 Å². The number of imidazole rings is 1. The molecule has 0 radical (unpaired) electrons. The molecule has 2 rings (SSSR count). The first-order valence-corrected chi connectivity index (χ1v) is 4.07. The average molecular weight is 174 g/mol. The Morgan fingerprint density at radius 2 is 2.23 bits per heavy atom. The van der Waals surface area contributed by atoms with Gasteiger partial charge in [0.15, 0.2) is 0 Å². The van der Waals surface area contributed by atoms with E-state index in [2.05, 4.69) is 9.97 Å². The fraction of sp³-hybridized carbons (Fsp3) is 0.100. The number of rotatable bonds is 1. The summed E-state index contributed by atoms with van der Waals surface area (Å²) in [5.74, 6) is 0.963. The van der Waals surface area contributed by atoms with Crippen LogP contribution >= 0.6 is 0 Å². The highest BCUT2D eigenvalue weighted by molar-refractivity contribution is 5.67. The Morgan fingerprint density at radius 3 is 2.85 bits per heavy atom. The van der Waals surface area contributed by atoms with E-state index in [0.29, 0.717) is 5.82 Å². The van der Waals surface area contributed by atoms with Crippen LogP contribution in [-0.4, -0.2) is 15.1 Å². The lowest BCUT2D eigenvalue weighted by Gasteiger charge is -2.04. The normalized spacial score (nSPS) is 10.2. The minimum atomic E-state index is 0.259. The maximum Gasteiger partial charge on any atom is 0.141 e. The van der Waals surface area contributed by atoms with Gasteiger partial charge in [-0.05, 0) is 18.6 Å².